The van der Waals surface area contributed by atoms with Crippen LogP contribution >= 0.6 is 0 Å². The fourth-order valence-electron chi connectivity index (χ4n) is 2.86. The van der Waals surface area contributed by atoms with Crippen LogP contribution in [-0.4, -0.2) is 0 Å². The number of fused-ring (bicyclic) bond motifs is 1. The van der Waals surface area contributed by atoms with Gasteiger partial charge in [0.1, 0.15) is 0 Å². The van der Waals surface area contributed by atoms with E-state index in [2.05, 4.69) is 86.0 Å². The van der Waals surface area contributed by atoms with E-state index in [1.807, 2.05) is 13.8 Å². The van der Waals surface area contributed by atoms with Gasteiger partial charge in [-0.2, -0.15) is 4.57 Å². The maximum Gasteiger partial charge on any atom is 0.213 e. The van der Waals surface area contributed by atoms with Gasteiger partial charge in [-0.15, -0.1) is 0 Å². The van der Waals surface area contributed by atoms with Crippen LogP contribution in [0.3, 0.4) is 0 Å². The van der Waals surface area contributed by atoms with Gasteiger partial charge in [-0.3, -0.25) is 0 Å². The van der Waals surface area contributed by atoms with E-state index in [0.29, 0.717) is 6.04 Å². The van der Waals surface area contributed by atoms with Gasteiger partial charge in [-0.25, -0.2) is 0 Å². The number of para-hydroxylation sites is 1. The van der Waals surface area contributed by atoms with Gasteiger partial charge in [0.05, 0.1) is 0 Å². The first-order chi connectivity index (χ1) is 10.7. The van der Waals surface area contributed by atoms with Crippen molar-refractivity contribution in [1.82, 2.24) is 0 Å². The van der Waals surface area contributed by atoms with Crippen molar-refractivity contribution in [3.8, 4) is 11.3 Å². The summed E-state index contributed by atoms with van der Waals surface area (Å²) < 4.78 is 2.43. The van der Waals surface area contributed by atoms with E-state index in [0.717, 1.165) is 0 Å². The first-order valence-electron chi connectivity index (χ1n) is 8.18. The fraction of sp³-hybridized carbons (Fsp3) is 0.286. The summed E-state index contributed by atoms with van der Waals surface area (Å²) in [6.45, 7) is 10.7. The first kappa shape index (κ1) is 16.2. The summed E-state index contributed by atoms with van der Waals surface area (Å²) in [5.74, 6) is 0. The Kier molecular flexibility index (Phi) is 5.32. The van der Waals surface area contributed by atoms with Gasteiger partial charge >= 0.3 is 0 Å². The van der Waals surface area contributed by atoms with Crippen LogP contribution in [0.4, 0.5) is 0 Å². The summed E-state index contributed by atoms with van der Waals surface area (Å²) in [6.07, 6.45) is 0. The third-order valence-electron chi connectivity index (χ3n) is 3.81. The second-order valence-electron chi connectivity index (χ2n) is 5.56. The number of hydrogen-bond donors (Lipinski definition) is 0. The molecule has 3 rings (SSSR count). The second kappa shape index (κ2) is 7.22. The molecule has 0 amide bonds. The lowest BCUT2D eigenvalue weighted by molar-refractivity contribution is -0.680. The van der Waals surface area contributed by atoms with Gasteiger partial charge in [-0.1, -0.05) is 44.2 Å². The predicted octanol–water partition coefficient (Wildman–Crippen LogP) is 5.71. The van der Waals surface area contributed by atoms with Crippen LogP contribution in [0, 0.1) is 6.92 Å². The Balaban J connectivity index is 0.000000847. The highest BCUT2D eigenvalue weighted by molar-refractivity contribution is 5.77. The van der Waals surface area contributed by atoms with E-state index >= 15 is 0 Å². The highest BCUT2D eigenvalue weighted by Crippen LogP contribution is 2.24. The molecule has 0 radical (unpaired) electrons. The highest BCUT2D eigenvalue weighted by Gasteiger charge is 2.20. The monoisotopic (exact) mass is 292 g/mol. The molecule has 0 N–H and O–H groups in total. The lowest BCUT2D eigenvalue weighted by atomic mass is 10.0. The molecule has 1 aromatic heterocycles. The van der Waals surface area contributed by atoms with E-state index in [-0.39, 0.29) is 0 Å². The third kappa shape index (κ3) is 3.04. The Morgan fingerprint density at radius 2 is 1.41 bits per heavy atom. The Hall–Kier alpha value is -2.15. The Morgan fingerprint density at radius 3 is 2.09 bits per heavy atom. The molecule has 0 fully saturated rings. The minimum Gasteiger partial charge on any atom is -0.189 e. The maximum absolute atomic E-state index is 2.43. The van der Waals surface area contributed by atoms with Crippen molar-refractivity contribution in [3.63, 3.8) is 0 Å². The molecular formula is C21H26N+. The second-order valence-corrected chi connectivity index (χ2v) is 5.56. The van der Waals surface area contributed by atoms with Crippen LogP contribution in [0.2, 0.25) is 0 Å². The van der Waals surface area contributed by atoms with Crippen LogP contribution in [0.1, 0.15) is 39.3 Å². The highest BCUT2D eigenvalue weighted by atomic mass is 15.0. The van der Waals surface area contributed by atoms with Crippen LogP contribution in [0.15, 0.2) is 60.7 Å². The smallest absolute Gasteiger partial charge is 0.189 e. The zero-order chi connectivity index (χ0) is 16.1. The average Bonchev–Trinajstić information content (AvgIpc) is 2.56. The van der Waals surface area contributed by atoms with Gasteiger partial charge in [0.2, 0.25) is 11.2 Å². The molecule has 0 unspecified atom stereocenters. The van der Waals surface area contributed by atoms with Crippen molar-refractivity contribution in [1.29, 1.82) is 0 Å². The maximum atomic E-state index is 2.43. The number of aryl methyl sites for hydroxylation is 1. The van der Waals surface area contributed by atoms with Crippen LogP contribution in [0.5, 0.6) is 0 Å². The molecule has 114 valence electrons. The summed E-state index contributed by atoms with van der Waals surface area (Å²) in [5.41, 5.74) is 5.21. The Morgan fingerprint density at radius 1 is 0.773 bits per heavy atom. The molecule has 3 aromatic rings. The third-order valence-corrected chi connectivity index (χ3v) is 3.81. The molecule has 1 nitrogen and oxygen atoms in total. The Bertz CT molecular complexity index is 757. The summed E-state index contributed by atoms with van der Waals surface area (Å²) >= 11 is 0. The molecule has 0 bridgehead atoms. The quantitative estimate of drug-likeness (QED) is 0.533. The van der Waals surface area contributed by atoms with Gasteiger partial charge < -0.3 is 0 Å². The van der Waals surface area contributed by atoms with Crippen LogP contribution in [-0.2, 0) is 0 Å². The van der Waals surface area contributed by atoms with Crippen LogP contribution < -0.4 is 4.57 Å². The van der Waals surface area contributed by atoms with Crippen molar-refractivity contribution in [2.24, 2.45) is 0 Å². The normalized spacial score (nSPS) is 10.5. The molecule has 0 atom stereocenters. The molecule has 0 aliphatic rings. The predicted molar refractivity (Wildman–Crippen MR) is 96.0 cm³/mol. The molecule has 0 saturated heterocycles. The standard InChI is InChI=1S/C19H20N.C2H6/c1-14(2)20-18-11-7-5-9-16(18)12-13-19(20)17-10-6-4-8-15(17)3;1-2/h4-14H,1-3H3;1-2H3/q+1;. The van der Waals surface area contributed by atoms with Crippen molar-refractivity contribution < 1.29 is 4.57 Å². The molecule has 2 aromatic carbocycles. The number of rotatable bonds is 2. The molecule has 1 heterocycles. The first-order valence-corrected chi connectivity index (χ1v) is 8.18. The summed E-state index contributed by atoms with van der Waals surface area (Å²) in [5, 5.41) is 1.29. The minimum atomic E-state index is 0.427. The molecular weight excluding hydrogens is 266 g/mol. The minimum absolute atomic E-state index is 0.427. The lowest BCUT2D eigenvalue weighted by Crippen LogP contribution is -2.39. The summed E-state index contributed by atoms with van der Waals surface area (Å²) in [6, 6.07) is 22.1. The van der Waals surface area contributed by atoms with E-state index in [4.69, 9.17) is 0 Å². The lowest BCUT2D eigenvalue weighted by Gasteiger charge is -2.11. The number of hydrogen-bond acceptors (Lipinski definition) is 0. The number of aromatic nitrogens is 1. The van der Waals surface area contributed by atoms with E-state index in [9.17, 15) is 0 Å². The van der Waals surface area contributed by atoms with E-state index in [1.54, 1.807) is 0 Å². The van der Waals surface area contributed by atoms with E-state index in [1.165, 1.54) is 27.7 Å². The summed E-state index contributed by atoms with van der Waals surface area (Å²) in [4.78, 5) is 0. The zero-order valence-electron chi connectivity index (χ0n) is 14.3. The van der Waals surface area contributed by atoms with Gasteiger partial charge in [-0.05, 0) is 44.5 Å². The molecule has 0 saturated carbocycles. The van der Waals surface area contributed by atoms with Gasteiger partial charge in [0.25, 0.3) is 0 Å². The molecule has 1 heteroatoms. The Labute approximate surface area is 134 Å². The zero-order valence-corrected chi connectivity index (χ0v) is 14.3. The average molecular weight is 292 g/mol. The molecule has 22 heavy (non-hydrogen) atoms. The molecule has 0 aliphatic heterocycles. The molecule has 0 aliphatic carbocycles. The van der Waals surface area contributed by atoms with Crippen molar-refractivity contribution in [2.75, 3.05) is 0 Å². The summed E-state index contributed by atoms with van der Waals surface area (Å²) in [7, 11) is 0. The van der Waals surface area contributed by atoms with Gasteiger partial charge in [0, 0.05) is 23.1 Å². The van der Waals surface area contributed by atoms with Crippen molar-refractivity contribution in [3.05, 3.63) is 66.2 Å². The van der Waals surface area contributed by atoms with Crippen LogP contribution in [0.25, 0.3) is 22.2 Å². The topological polar surface area (TPSA) is 3.88 Å². The fourth-order valence-corrected chi connectivity index (χ4v) is 2.86. The van der Waals surface area contributed by atoms with Crippen molar-refractivity contribution in [2.45, 2.75) is 40.7 Å². The van der Waals surface area contributed by atoms with Gasteiger partial charge in [0.15, 0.2) is 6.04 Å². The number of pyridine rings is 1. The molecule has 0 spiro atoms. The number of benzene rings is 2. The van der Waals surface area contributed by atoms with E-state index < -0.39 is 0 Å². The number of nitrogens with zero attached hydrogens (tertiary/aromatic N) is 1. The van der Waals surface area contributed by atoms with Crippen molar-refractivity contribution >= 4 is 10.9 Å². The largest absolute Gasteiger partial charge is 0.213 e. The SMILES string of the molecule is CC.Cc1ccccc1-c1ccc2ccccc2[n+]1C(C)C.